The van der Waals surface area contributed by atoms with Crippen LogP contribution in [0.15, 0.2) is 48.5 Å². The first kappa shape index (κ1) is 20.1. The van der Waals surface area contributed by atoms with Gasteiger partial charge < -0.3 is 19.9 Å². The average Bonchev–Trinajstić information content (AvgIpc) is 2.69. The molecule has 4 nitrogen and oxygen atoms in total. The zero-order valence-corrected chi connectivity index (χ0v) is 14.9. The molecule has 0 saturated heterocycles. The topological polar surface area (TPSA) is 53.7 Å². The third-order valence-corrected chi connectivity index (χ3v) is 3.65. The Bertz CT molecular complexity index is 641. The smallest absolute Gasteiger partial charge is 0.119 e. The summed E-state index contributed by atoms with van der Waals surface area (Å²) in [4.78, 5) is 0. The number of hydrogen-bond acceptors (Lipinski definition) is 4. The van der Waals surface area contributed by atoms with Crippen molar-refractivity contribution in [2.24, 2.45) is 5.73 Å². The normalized spacial score (nSPS) is 11.2. The van der Waals surface area contributed by atoms with Crippen molar-refractivity contribution in [3.63, 3.8) is 0 Å². The van der Waals surface area contributed by atoms with Crippen LogP contribution in [0, 0.1) is 0 Å². The van der Waals surface area contributed by atoms with E-state index in [1.165, 1.54) is 0 Å². The van der Waals surface area contributed by atoms with Crippen LogP contribution in [0.4, 0.5) is 4.39 Å². The minimum Gasteiger partial charge on any atom is -0.491 e. The standard InChI is InChI=1S/C21H26FNO3/c22-11-12-24-13-14-25-15-16-26-21-9-7-19(8-10-21)2-1-18-3-5-20(17-23)6-4-18/h1-10H,11-17,23H2. The van der Waals surface area contributed by atoms with Crippen molar-refractivity contribution in [1.29, 1.82) is 0 Å². The first-order valence-electron chi connectivity index (χ1n) is 8.73. The van der Waals surface area contributed by atoms with Crippen LogP contribution >= 0.6 is 0 Å². The highest BCUT2D eigenvalue weighted by Crippen LogP contribution is 2.15. The van der Waals surface area contributed by atoms with Crippen molar-refractivity contribution < 1.29 is 18.6 Å². The van der Waals surface area contributed by atoms with Gasteiger partial charge in [-0.3, -0.25) is 0 Å². The number of rotatable bonds is 12. The second-order valence-corrected chi connectivity index (χ2v) is 5.61. The van der Waals surface area contributed by atoms with Crippen LogP contribution in [0.5, 0.6) is 5.75 Å². The van der Waals surface area contributed by atoms with E-state index in [1.807, 2.05) is 36.4 Å². The fourth-order valence-corrected chi connectivity index (χ4v) is 2.23. The number of hydrogen-bond donors (Lipinski definition) is 1. The van der Waals surface area contributed by atoms with Crippen LogP contribution in [0.3, 0.4) is 0 Å². The Kier molecular flexibility index (Phi) is 9.43. The van der Waals surface area contributed by atoms with E-state index in [0.29, 0.717) is 33.0 Å². The lowest BCUT2D eigenvalue weighted by Crippen LogP contribution is -2.11. The van der Waals surface area contributed by atoms with Gasteiger partial charge in [-0.25, -0.2) is 4.39 Å². The average molecular weight is 359 g/mol. The van der Waals surface area contributed by atoms with E-state index in [2.05, 4.69) is 24.3 Å². The first-order chi connectivity index (χ1) is 12.8. The molecule has 0 radical (unpaired) electrons. The van der Waals surface area contributed by atoms with Crippen LogP contribution in [0.25, 0.3) is 12.2 Å². The molecule has 0 bridgehead atoms. The van der Waals surface area contributed by atoms with Gasteiger partial charge in [-0.2, -0.15) is 0 Å². The lowest BCUT2D eigenvalue weighted by atomic mass is 10.1. The summed E-state index contributed by atoms with van der Waals surface area (Å²) < 4.78 is 27.7. The number of ether oxygens (including phenoxy) is 3. The van der Waals surface area contributed by atoms with E-state index in [9.17, 15) is 4.39 Å². The number of alkyl halides is 1. The highest BCUT2D eigenvalue weighted by Gasteiger charge is 1.95. The Hall–Kier alpha value is -2.21. The molecular formula is C21H26FNO3. The van der Waals surface area contributed by atoms with Crippen LogP contribution < -0.4 is 10.5 Å². The van der Waals surface area contributed by atoms with Gasteiger partial charge in [0.15, 0.2) is 0 Å². The largest absolute Gasteiger partial charge is 0.491 e. The first-order valence-corrected chi connectivity index (χ1v) is 8.73. The van der Waals surface area contributed by atoms with Crippen molar-refractivity contribution in [2.45, 2.75) is 6.54 Å². The van der Waals surface area contributed by atoms with Crippen LogP contribution in [0.1, 0.15) is 16.7 Å². The molecule has 0 aliphatic heterocycles. The van der Waals surface area contributed by atoms with E-state index < -0.39 is 6.67 Å². The van der Waals surface area contributed by atoms with Crippen molar-refractivity contribution in [2.75, 3.05) is 39.7 Å². The molecule has 0 saturated carbocycles. The van der Waals surface area contributed by atoms with E-state index >= 15 is 0 Å². The minimum absolute atomic E-state index is 0.125. The van der Waals surface area contributed by atoms with Gasteiger partial charge in [-0.05, 0) is 28.8 Å². The molecular weight excluding hydrogens is 333 g/mol. The Balaban J connectivity index is 1.68. The van der Waals surface area contributed by atoms with Crippen LogP contribution in [-0.2, 0) is 16.0 Å². The van der Waals surface area contributed by atoms with Gasteiger partial charge in [-0.1, -0.05) is 48.6 Å². The van der Waals surface area contributed by atoms with Gasteiger partial charge in [0.2, 0.25) is 0 Å². The molecule has 0 aliphatic carbocycles. The van der Waals surface area contributed by atoms with E-state index in [4.69, 9.17) is 19.9 Å². The molecule has 0 aliphatic rings. The van der Waals surface area contributed by atoms with Gasteiger partial charge >= 0.3 is 0 Å². The molecule has 2 aromatic carbocycles. The maximum atomic E-state index is 11.8. The Morgan fingerprint density at radius 1 is 0.731 bits per heavy atom. The summed E-state index contributed by atoms with van der Waals surface area (Å²) in [5.41, 5.74) is 8.96. The van der Waals surface area contributed by atoms with E-state index in [1.54, 1.807) is 0 Å². The predicted octanol–water partition coefficient (Wildman–Crippen LogP) is 3.70. The monoisotopic (exact) mass is 359 g/mol. The van der Waals surface area contributed by atoms with E-state index in [-0.39, 0.29) is 6.61 Å². The second-order valence-electron chi connectivity index (χ2n) is 5.61. The third-order valence-electron chi connectivity index (χ3n) is 3.65. The molecule has 2 N–H and O–H groups in total. The molecule has 5 heteroatoms. The molecule has 0 fully saturated rings. The lowest BCUT2D eigenvalue weighted by molar-refractivity contribution is 0.0325. The fourth-order valence-electron chi connectivity index (χ4n) is 2.23. The van der Waals surface area contributed by atoms with Crippen molar-refractivity contribution in [3.8, 4) is 5.75 Å². The Morgan fingerprint density at radius 2 is 1.27 bits per heavy atom. The highest BCUT2D eigenvalue weighted by molar-refractivity contribution is 5.69. The molecule has 2 rings (SSSR count). The zero-order valence-electron chi connectivity index (χ0n) is 14.9. The Labute approximate surface area is 154 Å². The molecule has 0 heterocycles. The van der Waals surface area contributed by atoms with Gasteiger partial charge in [0.05, 0.1) is 26.4 Å². The zero-order chi connectivity index (χ0) is 18.5. The van der Waals surface area contributed by atoms with Gasteiger partial charge in [-0.15, -0.1) is 0 Å². The highest BCUT2D eigenvalue weighted by atomic mass is 19.1. The van der Waals surface area contributed by atoms with Gasteiger partial charge in [0.1, 0.15) is 19.0 Å². The van der Waals surface area contributed by atoms with Gasteiger partial charge in [0, 0.05) is 6.54 Å². The summed E-state index contributed by atoms with van der Waals surface area (Å²) in [6.07, 6.45) is 4.12. The molecule has 0 spiro atoms. The number of benzene rings is 2. The predicted molar refractivity (Wildman–Crippen MR) is 103 cm³/mol. The molecule has 0 atom stereocenters. The van der Waals surface area contributed by atoms with Crippen LogP contribution in [0.2, 0.25) is 0 Å². The second kappa shape index (κ2) is 12.2. The Morgan fingerprint density at radius 3 is 1.85 bits per heavy atom. The fraction of sp³-hybridized carbons (Fsp3) is 0.333. The molecule has 140 valence electrons. The number of halogens is 1. The van der Waals surface area contributed by atoms with Crippen LogP contribution in [-0.4, -0.2) is 39.7 Å². The van der Waals surface area contributed by atoms with E-state index in [0.717, 1.165) is 22.4 Å². The summed E-state index contributed by atoms with van der Waals surface area (Å²) in [5.74, 6) is 0.798. The third kappa shape index (κ3) is 7.78. The molecule has 0 unspecified atom stereocenters. The summed E-state index contributed by atoms with van der Waals surface area (Å²) >= 11 is 0. The summed E-state index contributed by atoms with van der Waals surface area (Å²) in [6, 6.07) is 16.1. The SMILES string of the molecule is NCc1ccc(C=Cc2ccc(OCCOCCOCCF)cc2)cc1. The summed E-state index contributed by atoms with van der Waals surface area (Å²) in [5, 5.41) is 0. The minimum atomic E-state index is -0.463. The van der Waals surface area contributed by atoms with Crippen molar-refractivity contribution in [3.05, 3.63) is 65.2 Å². The molecule has 0 amide bonds. The van der Waals surface area contributed by atoms with Crippen molar-refractivity contribution in [1.82, 2.24) is 0 Å². The quantitative estimate of drug-likeness (QED) is 0.464. The summed E-state index contributed by atoms with van der Waals surface area (Å²) in [7, 11) is 0. The molecule has 0 aromatic heterocycles. The molecule has 2 aromatic rings. The maximum absolute atomic E-state index is 11.8. The number of nitrogens with two attached hydrogens (primary N) is 1. The summed E-state index contributed by atoms with van der Waals surface area (Å²) in [6.45, 7) is 2.00. The van der Waals surface area contributed by atoms with Crippen molar-refractivity contribution >= 4 is 12.2 Å². The van der Waals surface area contributed by atoms with Gasteiger partial charge in [0.25, 0.3) is 0 Å². The lowest BCUT2D eigenvalue weighted by Gasteiger charge is -2.07. The molecule has 26 heavy (non-hydrogen) atoms. The maximum Gasteiger partial charge on any atom is 0.119 e.